The Labute approximate surface area is 93.1 Å². The second-order valence-electron chi connectivity index (χ2n) is 5.26. The number of esters is 1. The molecule has 0 radical (unpaired) electrons. The van der Waals surface area contributed by atoms with Crippen molar-refractivity contribution in [3.8, 4) is 0 Å². The maximum atomic E-state index is 11.1. The van der Waals surface area contributed by atoms with Gasteiger partial charge in [0.1, 0.15) is 6.61 Å². The molecule has 0 saturated heterocycles. The van der Waals surface area contributed by atoms with Gasteiger partial charge in [0.25, 0.3) is 0 Å². The van der Waals surface area contributed by atoms with Crippen molar-refractivity contribution >= 4 is 5.97 Å². The number of rotatable bonds is 6. The number of hydrogen-bond donors (Lipinski definition) is 0. The summed E-state index contributed by atoms with van der Waals surface area (Å²) in [6.45, 7) is 10.9. The van der Waals surface area contributed by atoms with E-state index in [4.69, 9.17) is 9.47 Å². The molecule has 3 nitrogen and oxygen atoms in total. The summed E-state index contributed by atoms with van der Waals surface area (Å²) in [6.07, 6.45) is 2.03. The standard InChI is InChI=1S/C12H24O3/c1-10(2)15-11(13)9-14-8-6-7-12(3,4)5/h10H,6-9H2,1-5H3. The van der Waals surface area contributed by atoms with Gasteiger partial charge >= 0.3 is 5.97 Å². The molecule has 0 spiro atoms. The Kier molecular flexibility index (Phi) is 6.57. The molecule has 0 aliphatic heterocycles. The lowest BCUT2D eigenvalue weighted by atomic mass is 9.91. The smallest absolute Gasteiger partial charge is 0.332 e. The van der Waals surface area contributed by atoms with E-state index in [1.807, 2.05) is 13.8 Å². The largest absolute Gasteiger partial charge is 0.461 e. The molecule has 0 aliphatic carbocycles. The van der Waals surface area contributed by atoms with Crippen LogP contribution in [0.2, 0.25) is 0 Å². The van der Waals surface area contributed by atoms with Gasteiger partial charge in [0.2, 0.25) is 0 Å². The molecule has 0 aliphatic rings. The second kappa shape index (κ2) is 6.83. The summed E-state index contributed by atoms with van der Waals surface area (Å²) in [4.78, 5) is 11.1. The number of ether oxygens (including phenoxy) is 2. The van der Waals surface area contributed by atoms with E-state index in [0.717, 1.165) is 12.8 Å². The van der Waals surface area contributed by atoms with Crippen molar-refractivity contribution in [3.63, 3.8) is 0 Å². The fourth-order valence-electron chi connectivity index (χ4n) is 1.16. The third-order valence-electron chi connectivity index (χ3n) is 1.80. The normalized spacial score (nSPS) is 11.9. The maximum absolute atomic E-state index is 11.1. The molecule has 3 heteroatoms. The first-order valence-electron chi connectivity index (χ1n) is 5.58. The Morgan fingerprint density at radius 3 is 2.33 bits per heavy atom. The fourth-order valence-corrected chi connectivity index (χ4v) is 1.16. The average molecular weight is 216 g/mol. The topological polar surface area (TPSA) is 35.5 Å². The summed E-state index contributed by atoms with van der Waals surface area (Å²) in [5.74, 6) is -0.277. The molecule has 0 aromatic heterocycles. The van der Waals surface area contributed by atoms with E-state index in [-0.39, 0.29) is 18.7 Å². The van der Waals surface area contributed by atoms with E-state index >= 15 is 0 Å². The maximum Gasteiger partial charge on any atom is 0.332 e. The predicted octanol–water partition coefficient (Wildman–Crippen LogP) is 2.78. The highest BCUT2D eigenvalue weighted by Crippen LogP contribution is 2.20. The molecule has 15 heavy (non-hydrogen) atoms. The third-order valence-corrected chi connectivity index (χ3v) is 1.80. The Bertz CT molecular complexity index is 180. The van der Waals surface area contributed by atoms with E-state index in [2.05, 4.69) is 20.8 Å². The summed E-state index contributed by atoms with van der Waals surface area (Å²) >= 11 is 0. The number of carbonyl (C=O) groups excluding carboxylic acids is 1. The highest BCUT2D eigenvalue weighted by Gasteiger charge is 2.10. The van der Waals surface area contributed by atoms with Gasteiger partial charge in [-0.25, -0.2) is 4.79 Å². The van der Waals surface area contributed by atoms with Gasteiger partial charge in [-0.1, -0.05) is 20.8 Å². The molecule has 0 bridgehead atoms. The molecule has 0 unspecified atom stereocenters. The van der Waals surface area contributed by atoms with Crippen LogP contribution in [-0.2, 0) is 14.3 Å². The zero-order chi connectivity index (χ0) is 11.9. The van der Waals surface area contributed by atoms with Gasteiger partial charge in [-0.05, 0) is 32.1 Å². The summed E-state index contributed by atoms with van der Waals surface area (Å²) in [5.41, 5.74) is 0.335. The van der Waals surface area contributed by atoms with Crippen molar-refractivity contribution in [3.05, 3.63) is 0 Å². The first-order valence-corrected chi connectivity index (χ1v) is 5.58. The summed E-state index contributed by atoms with van der Waals surface area (Å²) < 4.78 is 10.2. The van der Waals surface area contributed by atoms with Crippen LogP contribution in [0.25, 0.3) is 0 Å². The van der Waals surface area contributed by atoms with Gasteiger partial charge < -0.3 is 9.47 Å². The number of carbonyl (C=O) groups is 1. The molecule has 0 rings (SSSR count). The zero-order valence-electron chi connectivity index (χ0n) is 10.6. The summed E-state index contributed by atoms with van der Waals surface area (Å²) in [6, 6.07) is 0. The Morgan fingerprint density at radius 2 is 1.87 bits per heavy atom. The van der Waals surface area contributed by atoms with E-state index in [0.29, 0.717) is 12.0 Å². The van der Waals surface area contributed by atoms with Crippen molar-refractivity contribution in [1.82, 2.24) is 0 Å². The minimum absolute atomic E-state index is 0.0596. The molecular formula is C12H24O3. The molecule has 90 valence electrons. The highest BCUT2D eigenvalue weighted by atomic mass is 16.6. The van der Waals surface area contributed by atoms with Crippen LogP contribution in [0.5, 0.6) is 0 Å². The highest BCUT2D eigenvalue weighted by molar-refractivity contribution is 5.70. The predicted molar refractivity (Wildman–Crippen MR) is 60.7 cm³/mol. The van der Waals surface area contributed by atoms with E-state index in [9.17, 15) is 4.79 Å². The van der Waals surface area contributed by atoms with Gasteiger partial charge in [-0.3, -0.25) is 0 Å². The summed E-state index contributed by atoms with van der Waals surface area (Å²) in [7, 11) is 0. The van der Waals surface area contributed by atoms with E-state index < -0.39 is 0 Å². The van der Waals surface area contributed by atoms with E-state index in [1.54, 1.807) is 0 Å². The van der Waals surface area contributed by atoms with Crippen LogP contribution < -0.4 is 0 Å². The van der Waals surface area contributed by atoms with Gasteiger partial charge in [0.05, 0.1) is 6.10 Å². The van der Waals surface area contributed by atoms with Gasteiger partial charge in [0.15, 0.2) is 0 Å². The van der Waals surface area contributed by atoms with Crippen LogP contribution in [0.3, 0.4) is 0 Å². The van der Waals surface area contributed by atoms with Gasteiger partial charge in [-0.2, -0.15) is 0 Å². The molecule has 0 saturated carbocycles. The van der Waals surface area contributed by atoms with Crippen LogP contribution in [0.15, 0.2) is 0 Å². The van der Waals surface area contributed by atoms with Crippen molar-refractivity contribution in [1.29, 1.82) is 0 Å². The quantitative estimate of drug-likeness (QED) is 0.506. The van der Waals surface area contributed by atoms with Gasteiger partial charge in [0, 0.05) is 6.61 Å². The first kappa shape index (κ1) is 14.4. The molecule has 0 fully saturated rings. The third kappa shape index (κ3) is 11.4. The molecule has 0 atom stereocenters. The van der Waals surface area contributed by atoms with Crippen molar-refractivity contribution in [2.45, 2.75) is 53.6 Å². The molecule has 0 aromatic rings. The fraction of sp³-hybridized carbons (Fsp3) is 0.917. The van der Waals surface area contributed by atoms with E-state index in [1.165, 1.54) is 0 Å². The lowest BCUT2D eigenvalue weighted by Gasteiger charge is -2.17. The van der Waals surface area contributed by atoms with Crippen LogP contribution in [0.4, 0.5) is 0 Å². The van der Waals surface area contributed by atoms with Crippen molar-refractivity contribution in [2.75, 3.05) is 13.2 Å². The Morgan fingerprint density at radius 1 is 1.27 bits per heavy atom. The average Bonchev–Trinajstić information content (AvgIpc) is 1.99. The lowest BCUT2D eigenvalue weighted by Crippen LogP contribution is -2.17. The van der Waals surface area contributed by atoms with Crippen LogP contribution in [0.1, 0.15) is 47.5 Å². The van der Waals surface area contributed by atoms with Crippen LogP contribution >= 0.6 is 0 Å². The van der Waals surface area contributed by atoms with Crippen molar-refractivity contribution in [2.24, 2.45) is 5.41 Å². The van der Waals surface area contributed by atoms with Crippen LogP contribution in [-0.4, -0.2) is 25.3 Å². The first-order chi connectivity index (χ1) is 6.81. The molecular weight excluding hydrogens is 192 g/mol. The SMILES string of the molecule is CC(C)OC(=O)COCCCC(C)(C)C. The molecule has 0 amide bonds. The number of hydrogen-bond acceptors (Lipinski definition) is 3. The van der Waals surface area contributed by atoms with Gasteiger partial charge in [-0.15, -0.1) is 0 Å². The Balaban J connectivity index is 3.35. The molecule has 0 N–H and O–H groups in total. The lowest BCUT2D eigenvalue weighted by molar-refractivity contribution is -0.152. The monoisotopic (exact) mass is 216 g/mol. The molecule has 0 heterocycles. The van der Waals surface area contributed by atoms with Crippen LogP contribution in [0, 0.1) is 5.41 Å². The second-order valence-corrected chi connectivity index (χ2v) is 5.26. The molecule has 0 aromatic carbocycles. The van der Waals surface area contributed by atoms with Crippen molar-refractivity contribution < 1.29 is 14.3 Å². The minimum atomic E-state index is -0.277. The summed E-state index contributed by atoms with van der Waals surface area (Å²) in [5, 5.41) is 0. The minimum Gasteiger partial charge on any atom is -0.461 e. The Hall–Kier alpha value is -0.570. The zero-order valence-corrected chi connectivity index (χ0v) is 10.6.